The molecule has 4 nitrogen and oxygen atoms in total. The minimum absolute atomic E-state index is 0.0248. The van der Waals surface area contributed by atoms with E-state index in [2.05, 4.69) is 64.1 Å². The molecular formula is C26H33IO4S. The van der Waals surface area contributed by atoms with Gasteiger partial charge < -0.3 is 4.55 Å². The van der Waals surface area contributed by atoms with E-state index in [0.29, 0.717) is 12.8 Å². The van der Waals surface area contributed by atoms with Crippen molar-refractivity contribution in [3.8, 4) is 0 Å². The number of rotatable bonds is 4. The smallest absolute Gasteiger partial charge is 0.357 e. The van der Waals surface area contributed by atoms with Crippen LogP contribution in [0.5, 0.6) is 0 Å². The van der Waals surface area contributed by atoms with Gasteiger partial charge in [-0.15, -0.1) is 0 Å². The van der Waals surface area contributed by atoms with Crippen LogP contribution in [-0.4, -0.2) is 24.5 Å². The van der Waals surface area contributed by atoms with Crippen LogP contribution in [0.15, 0.2) is 36.4 Å². The van der Waals surface area contributed by atoms with Crippen LogP contribution in [0.25, 0.3) is 0 Å². The molecule has 2 aliphatic rings. The van der Waals surface area contributed by atoms with E-state index < -0.39 is 21.3 Å². The van der Waals surface area contributed by atoms with Crippen LogP contribution < -0.4 is 21.2 Å². The zero-order valence-corrected chi connectivity index (χ0v) is 22.8. The first-order valence-electron chi connectivity index (χ1n) is 11.0. The van der Waals surface area contributed by atoms with Gasteiger partial charge in [0.1, 0.15) is 5.78 Å². The molecule has 2 fully saturated rings. The van der Waals surface area contributed by atoms with Gasteiger partial charge >= 0.3 is 21.2 Å². The minimum Gasteiger partial charge on any atom is -0.748 e. The Bertz CT molecular complexity index is 1090. The molecule has 6 heteroatoms. The van der Waals surface area contributed by atoms with Crippen molar-refractivity contribution in [2.45, 2.75) is 60.8 Å². The first-order chi connectivity index (χ1) is 14.7. The summed E-state index contributed by atoms with van der Waals surface area (Å²) < 4.78 is 35.7. The summed E-state index contributed by atoms with van der Waals surface area (Å²) in [7, 11) is -4.33. The minimum atomic E-state index is -4.33. The number of aryl methyl sites for hydroxylation is 4. The molecule has 0 saturated heterocycles. The van der Waals surface area contributed by atoms with Crippen molar-refractivity contribution in [1.82, 2.24) is 0 Å². The Balaban J connectivity index is 0.000000182. The average molecular weight is 569 g/mol. The second-order valence-corrected chi connectivity index (χ2v) is 14.4. The SMILES string of the molecule is CC1(C)C2CCC1(CS(=O)(=O)[O-])C(=O)C2.Cc1ccc([I+]c2ccc(C)c(C)c2)cc1C. The van der Waals surface area contributed by atoms with E-state index in [9.17, 15) is 17.8 Å². The van der Waals surface area contributed by atoms with Gasteiger partial charge in [-0.1, -0.05) is 26.0 Å². The van der Waals surface area contributed by atoms with Crippen LogP contribution in [-0.2, 0) is 14.9 Å². The molecule has 2 bridgehead atoms. The van der Waals surface area contributed by atoms with Crippen LogP contribution in [0.4, 0.5) is 0 Å². The predicted molar refractivity (Wildman–Crippen MR) is 122 cm³/mol. The third kappa shape index (κ3) is 5.12. The maximum atomic E-state index is 11.8. The summed E-state index contributed by atoms with van der Waals surface area (Å²) in [5.41, 5.74) is 4.37. The lowest BCUT2D eigenvalue weighted by Gasteiger charge is -2.37. The highest BCUT2D eigenvalue weighted by molar-refractivity contribution is 7.85. The van der Waals surface area contributed by atoms with Gasteiger partial charge in [0, 0.05) is 11.8 Å². The van der Waals surface area contributed by atoms with Crippen LogP contribution in [0.1, 0.15) is 55.4 Å². The summed E-state index contributed by atoms with van der Waals surface area (Å²) in [4.78, 5) is 11.8. The average Bonchev–Trinajstić information content (AvgIpc) is 3.01. The van der Waals surface area contributed by atoms with Crippen molar-refractivity contribution in [1.29, 1.82) is 0 Å². The monoisotopic (exact) mass is 568 g/mol. The Morgan fingerprint density at radius 3 is 1.78 bits per heavy atom. The number of hydrogen-bond acceptors (Lipinski definition) is 4. The summed E-state index contributed by atoms with van der Waals surface area (Å²) in [5.74, 6) is -0.280. The van der Waals surface area contributed by atoms with Crippen LogP contribution in [0.3, 0.4) is 0 Å². The number of halogens is 1. The second kappa shape index (κ2) is 9.18. The van der Waals surface area contributed by atoms with Crippen LogP contribution in [0, 0.1) is 51.6 Å². The summed E-state index contributed by atoms with van der Waals surface area (Å²) in [6.07, 6.45) is 1.88. The molecule has 0 aliphatic heterocycles. The summed E-state index contributed by atoms with van der Waals surface area (Å²) in [6.45, 7) is 12.6. The Kier molecular flexibility index (Phi) is 7.28. The van der Waals surface area contributed by atoms with E-state index in [4.69, 9.17) is 0 Å². The Hall–Kier alpha value is -1.25. The van der Waals surface area contributed by atoms with Crippen molar-refractivity contribution in [2.24, 2.45) is 16.7 Å². The van der Waals surface area contributed by atoms with Gasteiger partial charge in [0.25, 0.3) is 0 Å². The molecule has 32 heavy (non-hydrogen) atoms. The van der Waals surface area contributed by atoms with Gasteiger partial charge in [-0.2, -0.15) is 0 Å². The lowest BCUT2D eigenvalue weighted by molar-refractivity contribution is -0.597. The highest BCUT2D eigenvalue weighted by Crippen LogP contribution is 2.64. The normalized spacial score (nSPS) is 23.7. The maximum absolute atomic E-state index is 11.8. The number of benzene rings is 2. The number of ketones is 1. The van der Waals surface area contributed by atoms with Crippen LogP contribution >= 0.6 is 0 Å². The molecule has 2 aromatic rings. The molecule has 2 saturated carbocycles. The number of fused-ring (bicyclic) bond motifs is 2. The Morgan fingerprint density at radius 1 is 0.938 bits per heavy atom. The van der Waals surface area contributed by atoms with E-state index in [0.717, 1.165) is 6.42 Å². The van der Waals surface area contributed by atoms with Gasteiger partial charge in [-0.05, 0) is 98.4 Å². The highest BCUT2D eigenvalue weighted by atomic mass is 127. The van der Waals surface area contributed by atoms with Gasteiger partial charge in [-0.25, -0.2) is 8.42 Å². The van der Waals surface area contributed by atoms with E-state index in [1.54, 1.807) is 0 Å². The van der Waals surface area contributed by atoms with E-state index in [1.807, 2.05) is 13.8 Å². The molecule has 0 spiro atoms. The van der Waals surface area contributed by atoms with Gasteiger partial charge in [-0.3, -0.25) is 4.79 Å². The van der Waals surface area contributed by atoms with Crippen molar-refractivity contribution >= 4 is 15.9 Å². The summed E-state index contributed by atoms with van der Waals surface area (Å²) >= 11 is -0.0304. The number of carbonyl (C=O) groups is 1. The third-order valence-electron chi connectivity index (χ3n) is 7.72. The van der Waals surface area contributed by atoms with E-state index in [-0.39, 0.29) is 38.3 Å². The summed E-state index contributed by atoms with van der Waals surface area (Å²) in [5, 5.41) is 0. The Morgan fingerprint density at radius 2 is 1.44 bits per heavy atom. The largest absolute Gasteiger partial charge is 0.748 e. The number of hydrogen-bond donors (Lipinski definition) is 0. The fraction of sp³-hybridized carbons (Fsp3) is 0.500. The molecule has 0 aromatic heterocycles. The molecule has 2 atom stereocenters. The number of carbonyl (C=O) groups excluding carboxylic acids is 1. The fourth-order valence-corrected chi connectivity index (χ4v) is 9.03. The molecule has 2 aromatic carbocycles. The lowest BCUT2D eigenvalue weighted by Crippen LogP contribution is -3.61. The molecule has 0 N–H and O–H groups in total. The van der Waals surface area contributed by atoms with Gasteiger partial charge in [0.05, 0.1) is 15.9 Å². The number of Topliss-reactive ketones (excluding diaryl/α,β-unsaturated/α-hetero) is 1. The third-order valence-corrected chi connectivity index (χ3v) is 11.2. The molecule has 174 valence electrons. The molecular weight excluding hydrogens is 535 g/mol. The van der Waals surface area contributed by atoms with Crippen molar-refractivity contribution in [3.05, 3.63) is 65.8 Å². The zero-order valence-electron chi connectivity index (χ0n) is 19.8. The molecule has 2 unspecified atom stereocenters. The fourth-order valence-electron chi connectivity index (χ4n) is 5.06. The molecule has 2 aliphatic carbocycles. The quantitative estimate of drug-likeness (QED) is 0.418. The first-order valence-corrected chi connectivity index (χ1v) is 14.7. The molecule has 4 rings (SSSR count). The Labute approximate surface area is 203 Å². The van der Waals surface area contributed by atoms with Crippen molar-refractivity contribution in [3.63, 3.8) is 0 Å². The highest BCUT2D eigenvalue weighted by Gasteiger charge is 2.64. The molecule has 0 radical (unpaired) electrons. The maximum Gasteiger partial charge on any atom is 0.357 e. The van der Waals surface area contributed by atoms with Crippen LogP contribution in [0.2, 0.25) is 0 Å². The van der Waals surface area contributed by atoms with E-state index >= 15 is 0 Å². The standard InChI is InChI=1S/C16H18I.C10H16O4S/c1-11-5-7-15(9-13(11)3)17-16-8-6-12(2)14(4)10-16;1-9(2)7-3-4-10(9,8(11)5-7)6-15(12,13)14/h5-10H,1-4H3;7H,3-6H2,1-2H3,(H,12,13,14)/q+1;/p-1. The van der Waals surface area contributed by atoms with Gasteiger partial charge in [0.2, 0.25) is 0 Å². The van der Waals surface area contributed by atoms with Crippen molar-refractivity contribution in [2.75, 3.05) is 5.75 Å². The van der Waals surface area contributed by atoms with Gasteiger partial charge in [0.15, 0.2) is 7.14 Å². The first kappa shape index (κ1) is 25.4. The van der Waals surface area contributed by atoms with E-state index in [1.165, 1.54) is 29.4 Å². The zero-order chi connectivity index (χ0) is 23.9. The molecule has 0 amide bonds. The topological polar surface area (TPSA) is 74.3 Å². The predicted octanol–water partition coefficient (Wildman–Crippen LogP) is 1.98. The second-order valence-electron chi connectivity index (χ2n) is 9.92. The summed E-state index contributed by atoms with van der Waals surface area (Å²) in [6, 6.07) is 13.7. The molecule has 0 heterocycles. The lowest BCUT2D eigenvalue weighted by atomic mass is 9.70. The van der Waals surface area contributed by atoms with Crippen molar-refractivity contribution < 1.29 is 39.0 Å².